The van der Waals surface area contributed by atoms with Gasteiger partial charge in [0.05, 0.1) is 12.2 Å². The van der Waals surface area contributed by atoms with Gasteiger partial charge >= 0.3 is 0 Å². The molecular formula is C24H31N7. The lowest BCUT2D eigenvalue weighted by molar-refractivity contribution is 0.335. The normalized spacial score (nSPS) is 19.6. The lowest BCUT2D eigenvalue weighted by atomic mass is 10.1. The topological polar surface area (TPSA) is 62.1 Å². The molecule has 31 heavy (non-hydrogen) atoms. The van der Waals surface area contributed by atoms with Crippen molar-refractivity contribution in [2.75, 3.05) is 42.5 Å². The summed E-state index contributed by atoms with van der Waals surface area (Å²) in [5.74, 6) is 0.854. The van der Waals surface area contributed by atoms with E-state index < -0.39 is 0 Å². The molecule has 4 heterocycles. The smallest absolute Gasteiger partial charge is 0.225 e. The number of hydrogen-bond donors (Lipinski definition) is 1. The van der Waals surface area contributed by atoms with E-state index in [2.05, 4.69) is 57.1 Å². The maximum absolute atomic E-state index is 4.71. The molecule has 162 valence electrons. The Kier molecular flexibility index (Phi) is 5.59. The maximum Gasteiger partial charge on any atom is 0.225 e. The van der Waals surface area contributed by atoms with Crippen molar-refractivity contribution in [2.24, 2.45) is 0 Å². The first-order chi connectivity index (χ1) is 15.2. The van der Waals surface area contributed by atoms with Gasteiger partial charge in [-0.05, 0) is 45.2 Å². The van der Waals surface area contributed by atoms with Crippen molar-refractivity contribution in [3.8, 4) is 11.1 Å². The Bertz CT molecular complexity index is 1020. The molecule has 0 saturated carbocycles. The van der Waals surface area contributed by atoms with Crippen molar-refractivity contribution in [1.82, 2.24) is 25.1 Å². The molecule has 1 aromatic carbocycles. The van der Waals surface area contributed by atoms with E-state index in [4.69, 9.17) is 15.1 Å². The molecule has 5 rings (SSSR count). The predicted molar refractivity (Wildman–Crippen MR) is 124 cm³/mol. The highest BCUT2D eigenvalue weighted by atomic mass is 15.4. The Labute approximate surface area is 184 Å². The summed E-state index contributed by atoms with van der Waals surface area (Å²) in [6, 6.07) is 10.7. The zero-order chi connectivity index (χ0) is 21.2. The third kappa shape index (κ3) is 4.14. The largest absolute Gasteiger partial charge is 0.366 e. The molecule has 0 amide bonds. The zero-order valence-electron chi connectivity index (χ0n) is 18.5. The van der Waals surface area contributed by atoms with Gasteiger partial charge in [-0.15, -0.1) is 0 Å². The van der Waals surface area contributed by atoms with Gasteiger partial charge in [-0.1, -0.05) is 18.2 Å². The number of aryl methyl sites for hydroxylation is 2. The molecule has 2 fully saturated rings. The van der Waals surface area contributed by atoms with Gasteiger partial charge in [-0.25, -0.2) is 9.97 Å². The second-order valence-electron chi connectivity index (χ2n) is 8.62. The van der Waals surface area contributed by atoms with Crippen LogP contribution in [-0.2, 0) is 0 Å². The zero-order valence-corrected chi connectivity index (χ0v) is 18.5. The van der Waals surface area contributed by atoms with E-state index in [0.717, 1.165) is 49.9 Å². The number of aromatic nitrogens is 4. The minimum absolute atomic E-state index is 0.160. The average Bonchev–Trinajstić information content (AvgIpc) is 3.18. The Morgan fingerprint density at radius 3 is 2.45 bits per heavy atom. The van der Waals surface area contributed by atoms with E-state index in [0.29, 0.717) is 0 Å². The quantitative estimate of drug-likeness (QED) is 0.700. The summed E-state index contributed by atoms with van der Waals surface area (Å²) in [5, 5.41) is 8.32. The van der Waals surface area contributed by atoms with Crippen LogP contribution in [0.4, 0.5) is 11.6 Å². The van der Waals surface area contributed by atoms with Crippen molar-refractivity contribution in [3.05, 3.63) is 54.1 Å². The summed E-state index contributed by atoms with van der Waals surface area (Å²) in [6.45, 7) is 9.03. The second kappa shape index (κ2) is 8.67. The number of piperazine rings is 1. The van der Waals surface area contributed by atoms with Crippen molar-refractivity contribution in [3.63, 3.8) is 0 Å². The highest BCUT2D eigenvalue weighted by molar-refractivity contribution is 5.78. The number of benzene rings is 1. The van der Waals surface area contributed by atoms with Crippen molar-refractivity contribution < 1.29 is 0 Å². The highest BCUT2D eigenvalue weighted by Gasteiger charge is 2.24. The number of nitrogens with zero attached hydrogens (tertiary/aromatic N) is 6. The van der Waals surface area contributed by atoms with Crippen LogP contribution >= 0.6 is 0 Å². The molecule has 7 heteroatoms. The summed E-state index contributed by atoms with van der Waals surface area (Å²) in [6.07, 6.45) is 7.90. The summed E-state index contributed by atoms with van der Waals surface area (Å²) < 4.78 is 2.11. The van der Waals surface area contributed by atoms with E-state index in [1.165, 1.54) is 36.2 Å². The molecule has 2 saturated heterocycles. The highest BCUT2D eigenvalue weighted by Crippen LogP contribution is 2.32. The molecule has 1 N–H and O–H groups in total. The monoisotopic (exact) mass is 417 g/mol. The van der Waals surface area contributed by atoms with Crippen LogP contribution in [0.2, 0.25) is 0 Å². The van der Waals surface area contributed by atoms with Crippen LogP contribution in [0.3, 0.4) is 0 Å². The van der Waals surface area contributed by atoms with Gasteiger partial charge in [0.25, 0.3) is 0 Å². The van der Waals surface area contributed by atoms with E-state index in [1.54, 1.807) is 0 Å². The lowest BCUT2D eigenvalue weighted by Gasteiger charge is -2.36. The molecule has 1 atom stereocenters. The molecule has 2 aliphatic rings. The average molecular weight is 418 g/mol. The van der Waals surface area contributed by atoms with Gasteiger partial charge in [0.15, 0.2) is 0 Å². The minimum Gasteiger partial charge on any atom is -0.366 e. The Balaban J connectivity index is 1.39. The number of hydrogen-bond acceptors (Lipinski definition) is 6. The standard InChI is InChI=1S/C24H31N7/c1-18-14-19(2)31(28-18)23-17-30(13-10-25-23)22-9-5-4-8-21(22)20-15-26-24(27-16-20)29-11-6-3-7-12-29/h4-5,8-9,14-16,23,25H,3,6-7,10-13,17H2,1-2H3. The fourth-order valence-corrected chi connectivity index (χ4v) is 4.79. The number of para-hydroxylation sites is 1. The van der Waals surface area contributed by atoms with Crippen molar-refractivity contribution in [1.29, 1.82) is 0 Å². The number of piperidine rings is 1. The molecule has 1 unspecified atom stereocenters. The van der Waals surface area contributed by atoms with Crippen molar-refractivity contribution >= 4 is 11.6 Å². The molecule has 7 nitrogen and oxygen atoms in total. The fourth-order valence-electron chi connectivity index (χ4n) is 4.79. The molecule has 2 aromatic heterocycles. The van der Waals surface area contributed by atoms with Crippen LogP contribution in [0.15, 0.2) is 42.7 Å². The Morgan fingerprint density at radius 2 is 1.71 bits per heavy atom. The first-order valence-electron chi connectivity index (χ1n) is 11.4. The number of nitrogens with one attached hydrogen (secondary N) is 1. The van der Waals surface area contributed by atoms with Gasteiger partial charge in [0, 0.05) is 61.1 Å². The van der Waals surface area contributed by atoms with Crippen LogP contribution in [0.1, 0.15) is 36.8 Å². The van der Waals surface area contributed by atoms with Gasteiger partial charge in [-0.2, -0.15) is 5.10 Å². The number of anilines is 2. The van der Waals surface area contributed by atoms with Crippen molar-refractivity contribution in [2.45, 2.75) is 39.3 Å². The van der Waals surface area contributed by atoms with Gasteiger partial charge in [0.1, 0.15) is 6.17 Å². The third-order valence-corrected chi connectivity index (χ3v) is 6.33. The van der Waals surface area contributed by atoms with Crippen LogP contribution < -0.4 is 15.1 Å². The maximum atomic E-state index is 4.71. The Hall–Kier alpha value is -2.93. The molecule has 3 aromatic rings. The molecule has 2 aliphatic heterocycles. The van der Waals surface area contributed by atoms with E-state index in [1.807, 2.05) is 19.3 Å². The minimum atomic E-state index is 0.160. The lowest BCUT2D eigenvalue weighted by Crippen LogP contribution is -2.48. The summed E-state index contributed by atoms with van der Waals surface area (Å²) in [4.78, 5) is 14.2. The first kappa shape index (κ1) is 20.0. The third-order valence-electron chi connectivity index (χ3n) is 6.33. The van der Waals surface area contributed by atoms with E-state index >= 15 is 0 Å². The summed E-state index contributed by atoms with van der Waals surface area (Å²) >= 11 is 0. The summed E-state index contributed by atoms with van der Waals surface area (Å²) in [5.41, 5.74) is 5.72. The van der Waals surface area contributed by atoms with Gasteiger partial charge in [-0.3, -0.25) is 10.00 Å². The first-order valence-corrected chi connectivity index (χ1v) is 11.4. The molecule has 0 spiro atoms. The number of rotatable bonds is 4. The van der Waals surface area contributed by atoms with Gasteiger partial charge < -0.3 is 9.80 Å². The molecule has 0 aliphatic carbocycles. The second-order valence-corrected chi connectivity index (χ2v) is 8.62. The van der Waals surface area contributed by atoms with Crippen LogP contribution in [0.5, 0.6) is 0 Å². The van der Waals surface area contributed by atoms with E-state index in [9.17, 15) is 0 Å². The summed E-state index contributed by atoms with van der Waals surface area (Å²) in [7, 11) is 0. The van der Waals surface area contributed by atoms with Crippen LogP contribution in [0.25, 0.3) is 11.1 Å². The molecular weight excluding hydrogens is 386 g/mol. The van der Waals surface area contributed by atoms with Crippen LogP contribution in [0, 0.1) is 13.8 Å². The van der Waals surface area contributed by atoms with Gasteiger partial charge in [0.2, 0.25) is 5.95 Å². The molecule has 0 radical (unpaired) electrons. The SMILES string of the molecule is Cc1cc(C)n(C2CN(c3ccccc3-c3cnc(N4CCCCC4)nc3)CCN2)n1. The predicted octanol–water partition coefficient (Wildman–Crippen LogP) is 3.56. The van der Waals surface area contributed by atoms with E-state index in [-0.39, 0.29) is 6.17 Å². The Morgan fingerprint density at radius 1 is 0.935 bits per heavy atom. The molecule has 0 bridgehead atoms. The van der Waals surface area contributed by atoms with Crippen LogP contribution in [-0.4, -0.2) is 52.5 Å². The fraction of sp³-hybridized carbons (Fsp3) is 0.458.